The van der Waals surface area contributed by atoms with Gasteiger partial charge >= 0.3 is 0 Å². The van der Waals surface area contributed by atoms with E-state index in [1.54, 1.807) is 0 Å². The van der Waals surface area contributed by atoms with Crippen molar-refractivity contribution in [3.63, 3.8) is 0 Å². The summed E-state index contributed by atoms with van der Waals surface area (Å²) in [4.78, 5) is 14.1. The van der Waals surface area contributed by atoms with E-state index in [4.69, 9.17) is 6.42 Å². The fourth-order valence-corrected chi connectivity index (χ4v) is 2.82. The van der Waals surface area contributed by atoms with Gasteiger partial charge in [0.15, 0.2) is 0 Å². The minimum atomic E-state index is -0.0224. The van der Waals surface area contributed by atoms with Gasteiger partial charge in [-0.1, -0.05) is 5.92 Å². The van der Waals surface area contributed by atoms with Crippen LogP contribution in [0.5, 0.6) is 0 Å². The van der Waals surface area contributed by atoms with Crippen molar-refractivity contribution in [1.29, 1.82) is 0 Å². The van der Waals surface area contributed by atoms with Gasteiger partial charge in [-0.05, 0) is 18.8 Å². The van der Waals surface area contributed by atoms with E-state index in [1.807, 2.05) is 16.7 Å². The number of hydrogen-bond donors (Lipinski definition) is 1. The molecule has 88 valence electrons. The first-order valence-corrected chi connectivity index (χ1v) is 7.00. The Morgan fingerprint density at radius 3 is 2.94 bits per heavy atom. The zero-order valence-corrected chi connectivity index (χ0v) is 10.3. The molecule has 1 saturated heterocycles. The zero-order chi connectivity index (χ0) is 11.4. The first-order chi connectivity index (χ1) is 7.81. The number of nitrogens with one attached hydrogen (secondary N) is 1. The number of carbonyl (C=O) groups is 1. The van der Waals surface area contributed by atoms with Gasteiger partial charge in [-0.3, -0.25) is 4.79 Å². The molecule has 0 radical (unpaired) electrons. The molecule has 1 atom stereocenters. The highest BCUT2D eigenvalue weighted by Crippen LogP contribution is 2.29. The molecule has 2 aliphatic rings. The number of thioether (sulfide) groups is 1. The van der Waals surface area contributed by atoms with Crippen LogP contribution >= 0.6 is 11.8 Å². The second-order valence-electron chi connectivity index (χ2n) is 4.45. The van der Waals surface area contributed by atoms with Crippen molar-refractivity contribution in [2.75, 3.05) is 31.1 Å². The number of nitrogens with zero attached hydrogens (tertiary/aromatic N) is 1. The van der Waals surface area contributed by atoms with Gasteiger partial charge in [0.05, 0.1) is 12.6 Å². The van der Waals surface area contributed by atoms with E-state index < -0.39 is 0 Å². The highest BCUT2D eigenvalue weighted by molar-refractivity contribution is 7.99. The molecule has 16 heavy (non-hydrogen) atoms. The minimum Gasteiger partial charge on any atom is -0.330 e. The Labute approximate surface area is 101 Å². The van der Waals surface area contributed by atoms with Gasteiger partial charge in [-0.15, -0.1) is 6.42 Å². The van der Waals surface area contributed by atoms with E-state index in [1.165, 1.54) is 12.8 Å². The number of terminal acetylenes is 1. The van der Waals surface area contributed by atoms with Gasteiger partial charge < -0.3 is 10.2 Å². The summed E-state index contributed by atoms with van der Waals surface area (Å²) in [5.74, 6) is 5.46. The fraction of sp³-hybridized carbons (Fsp3) is 0.750. The second kappa shape index (κ2) is 5.60. The van der Waals surface area contributed by atoms with E-state index in [-0.39, 0.29) is 11.9 Å². The monoisotopic (exact) mass is 238 g/mol. The highest BCUT2D eigenvalue weighted by atomic mass is 32.2. The van der Waals surface area contributed by atoms with Crippen LogP contribution in [0.1, 0.15) is 12.8 Å². The van der Waals surface area contributed by atoms with Crippen molar-refractivity contribution < 1.29 is 4.79 Å². The molecule has 1 unspecified atom stereocenters. The molecule has 1 aliphatic heterocycles. The lowest BCUT2D eigenvalue weighted by Gasteiger charge is -2.28. The molecule has 1 aliphatic carbocycles. The predicted octanol–water partition coefficient (Wildman–Crippen LogP) is 0.563. The van der Waals surface area contributed by atoms with Crippen LogP contribution < -0.4 is 5.32 Å². The molecule has 0 spiro atoms. The molecule has 1 saturated carbocycles. The Bertz CT molecular complexity index is 290. The maximum absolute atomic E-state index is 12.2. The normalized spacial score (nSPS) is 24.8. The van der Waals surface area contributed by atoms with Crippen LogP contribution in [0, 0.1) is 18.3 Å². The number of rotatable bonds is 4. The van der Waals surface area contributed by atoms with Crippen molar-refractivity contribution in [1.82, 2.24) is 10.2 Å². The van der Waals surface area contributed by atoms with Gasteiger partial charge in [-0.2, -0.15) is 11.8 Å². The van der Waals surface area contributed by atoms with E-state index in [9.17, 15) is 4.79 Å². The third-order valence-electron chi connectivity index (χ3n) is 2.99. The van der Waals surface area contributed by atoms with Crippen LogP contribution in [0.15, 0.2) is 0 Å². The SMILES string of the molecule is C#CCN(CC1CC1)C(=O)C1CSCCN1. The van der Waals surface area contributed by atoms with Gasteiger partial charge in [0.25, 0.3) is 0 Å². The molecular weight excluding hydrogens is 220 g/mol. The average Bonchev–Trinajstić information content (AvgIpc) is 3.13. The Balaban J connectivity index is 1.89. The number of amides is 1. The van der Waals surface area contributed by atoms with Crippen LogP contribution in [-0.4, -0.2) is 48.0 Å². The molecular formula is C12H18N2OS. The van der Waals surface area contributed by atoms with E-state index >= 15 is 0 Å². The van der Waals surface area contributed by atoms with Crippen molar-refractivity contribution in [3.05, 3.63) is 0 Å². The summed E-state index contributed by atoms with van der Waals surface area (Å²) in [7, 11) is 0. The summed E-state index contributed by atoms with van der Waals surface area (Å²) < 4.78 is 0. The van der Waals surface area contributed by atoms with Crippen LogP contribution in [0.4, 0.5) is 0 Å². The molecule has 2 fully saturated rings. The van der Waals surface area contributed by atoms with Crippen molar-refractivity contribution >= 4 is 17.7 Å². The largest absolute Gasteiger partial charge is 0.330 e. The van der Waals surface area contributed by atoms with E-state index in [0.717, 1.165) is 24.6 Å². The summed E-state index contributed by atoms with van der Waals surface area (Å²) in [5.41, 5.74) is 0. The Morgan fingerprint density at radius 2 is 2.38 bits per heavy atom. The lowest BCUT2D eigenvalue weighted by Crippen LogP contribution is -2.51. The standard InChI is InChI=1S/C12H18N2OS/c1-2-6-14(8-10-3-4-10)12(15)11-9-16-7-5-13-11/h1,10-11,13H,3-9H2. The molecule has 0 aromatic rings. The molecule has 0 aromatic heterocycles. The maximum atomic E-state index is 12.2. The second-order valence-corrected chi connectivity index (χ2v) is 5.60. The summed E-state index contributed by atoms with van der Waals surface area (Å²) in [5, 5.41) is 3.27. The van der Waals surface area contributed by atoms with Crippen LogP contribution in [0.2, 0.25) is 0 Å². The summed E-state index contributed by atoms with van der Waals surface area (Å²) in [6.45, 7) is 2.23. The predicted molar refractivity (Wildman–Crippen MR) is 67.3 cm³/mol. The minimum absolute atomic E-state index is 0.0224. The first kappa shape index (κ1) is 11.8. The zero-order valence-electron chi connectivity index (χ0n) is 9.45. The summed E-state index contributed by atoms with van der Waals surface area (Å²) in [6.07, 6.45) is 7.83. The first-order valence-electron chi connectivity index (χ1n) is 5.84. The van der Waals surface area contributed by atoms with Gasteiger partial charge in [0, 0.05) is 24.6 Å². The summed E-state index contributed by atoms with van der Waals surface area (Å²) >= 11 is 1.84. The van der Waals surface area contributed by atoms with Crippen LogP contribution in [0.25, 0.3) is 0 Å². The topological polar surface area (TPSA) is 32.3 Å². The lowest BCUT2D eigenvalue weighted by atomic mass is 10.2. The van der Waals surface area contributed by atoms with Gasteiger partial charge in [-0.25, -0.2) is 0 Å². The smallest absolute Gasteiger partial charge is 0.241 e. The molecule has 1 N–H and O–H groups in total. The maximum Gasteiger partial charge on any atom is 0.241 e. The molecule has 3 nitrogen and oxygen atoms in total. The highest BCUT2D eigenvalue weighted by Gasteiger charge is 2.30. The molecule has 1 heterocycles. The number of carbonyl (C=O) groups excluding carboxylic acids is 1. The fourth-order valence-electron chi connectivity index (χ4n) is 1.90. The Hall–Kier alpha value is -0.660. The van der Waals surface area contributed by atoms with Crippen molar-refractivity contribution in [3.8, 4) is 12.3 Å². The summed E-state index contributed by atoms with van der Waals surface area (Å²) in [6, 6.07) is -0.0224. The quantitative estimate of drug-likeness (QED) is 0.727. The van der Waals surface area contributed by atoms with Gasteiger partial charge in [0.2, 0.25) is 5.91 Å². The Kier molecular flexibility index (Phi) is 4.14. The molecule has 1 amide bonds. The molecule has 0 bridgehead atoms. The lowest BCUT2D eigenvalue weighted by molar-refractivity contribution is -0.132. The Morgan fingerprint density at radius 1 is 1.56 bits per heavy atom. The van der Waals surface area contributed by atoms with E-state index in [0.29, 0.717) is 12.5 Å². The molecule has 4 heteroatoms. The van der Waals surface area contributed by atoms with Gasteiger partial charge in [0.1, 0.15) is 0 Å². The van der Waals surface area contributed by atoms with Crippen molar-refractivity contribution in [2.24, 2.45) is 5.92 Å². The van der Waals surface area contributed by atoms with Crippen LogP contribution in [-0.2, 0) is 4.79 Å². The molecule has 2 rings (SSSR count). The van der Waals surface area contributed by atoms with Crippen LogP contribution in [0.3, 0.4) is 0 Å². The van der Waals surface area contributed by atoms with Crippen molar-refractivity contribution in [2.45, 2.75) is 18.9 Å². The third-order valence-corrected chi connectivity index (χ3v) is 4.05. The number of hydrogen-bond acceptors (Lipinski definition) is 3. The average molecular weight is 238 g/mol. The third kappa shape index (κ3) is 3.16. The molecule has 0 aromatic carbocycles. The van der Waals surface area contributed by atoms with E-state index in [2.05, 4.69) is 11.2 Å².